The molecule has 1 aliphatic rings. The van der Waals surface area contributed by atoms with Crippen LogP contribution in [-0.4, -0.2) is 29.1 Å². The van der Waals surface area contributed by atoms with Gasteiger partial charge in [-0.15, -0.1) is 11.8 Å². The maximum atomic E-state index is 12.6. The molecular formula is C16H20F3NOS. The number of piperidine rings is 1. The van der Waals surface area contributed by atoms with Gasteiger partial charge in [0.1, 0.15) is 0 Å². The van der Waals surface area contributed by atoms with Crippen molar-refractivity contribution in [2.24, 2.45) is 0 Å². The Balaban J connectivity index is 1.84. The van der Waals surface area contributed by atoms with E-state index >= 15 is 0 Å². The van der Waals surface area contributed by atoms with Crippen LogP contribution in [0.25, 0.3) is 0 Å². The molecule has 122 valence electrons. The zero-order valence-corrected chi connectivity index (χ0v) is 13.3. The minimum Gasteiger partial charge on any atom is -0.339 e. The van der Waals surface area contributed by atoms with Gasteiger partial charge in [-0.3, -0.25) is 4.79 Å². The minimum atomic E-state index is -4.32. The van der Waals surface area contributed by atoms with Crippen LogP contribution in [0.3, 0.4) is 0 Å². The van der Waals surface area contributed by atoms with Gasteiger partial charge in [-0.1, -0.05) is 18.2 Å². The van der Waals surface area contributed by atoms with Crippen molar-refractivity contribution in [3.8, 4) is 0 Å². The van der Waals surface area contributed by atoms with E-state index < -0.39 is 11.7 Å². The van der Waals surface area contributed by atoms with E-state index in [9.17, 15) is 18.0 Å². The third-order valence-corrected chi connectivity index (χ3v) is 4.86. The van der Waals surface area contributed by atoms with Crippen LogP contribution in [0.4, 0.5) is 13.2 Å². The highest BCUT2D eigenvalue weighted by atomic mass is 32.2. The molecule has 0 N–H and O–H groups in total. The first-order chi connectivity index (χ1) is 10.4. The van der Waals surface area contributed by atoms with Crippen LogP contribution < -0.4 is 0 Å². The smallest absolute Gasteiger partial charge is 0.339 e. The second-order valence-electron chi connectivity index (χ2n) is 5.62. The van der Waals surface area contributed by atoms with E-state index in [0.29, 0.717) is 17.1 Å². The van der Waals surface area contributed by atoms with Crippen LogP contribution in [0.1, 0.15) is 37.3 Å². The van der Waals surface area contributed by atoms with Gasteiger partial charge in [0.25, 0.3) is 0 Å². The van der Waals surface area contributed by atoms with E-state index in [4.69, 9.17) is 0 Å². The summed E-state index contributed by atoms with van der Waals surface area (Å²) in [4.78, 5) is 14.0. The van der Waals surface area contributed by atoms with E-state index in [2.05, 4.69) is 6.92 Å². The van der Waals surface area contributed by atoms with Gasteiger partial charge in [-0.05, 0) is 37.8 Å². The van der Waals surface area contributed by atoms with E-state index in [1.807, 2.05) is 4.90 Å². The maximum Gasteiger partial charge on any atom is 0.416 e. The predicted octanol–water partition coefficient (Wildman–Crippen LogP) is 4.34. The molecule has 1 saturated heterocycles. The number of benzene rings is 1. The van der Waals surface area contributed by atoms with E-state index in [1.54, 1.807) is 6.07 Å². The average Bonchev–Trinajstić information content (AvgIpc) is 2.47. The van der Waals surface area contributed by atoms with Crippen molar-refractivity contribution in [3.63, 3.8) is 0 Å². The summed E-state index contributed by atoms with van der Waals surface area (Å²) in [7, 11) is 0. The summed E-state index contributed by atoms with van der Waals surface area (Å²) in [5.41, 5.74) is -0.0408. The lowest BCUT2D eigenvalue weighted by molar-refractivity contribution is -0.137. The third kappa shape index (κ3) is 4.66. The summed E-state index contributed by atoms with van der Waals surface area (Å²) in [6.45, 7) is 2.85. The van der Waals surface area contributed by atoms with Crippen LogP contribution in [0, 0.1) is 0 Å². The molecule has 1 aliphatic heterocycles. The van der Waals surface area contributed by atoms with Crippen molar-refractivity contribution in [1.82, 2.24) is 4.90 Å². The number of rotatable bonds is 4. The quantitative estimate of drug-likeness (QED) is 0.818. The molecule has 1 atom stereocenters. The Hall–Kier alpha value is -1.17. The van der Waals surface area contributed by atoms with Gasteiger partial charge < -0.3 is 4.90 Å². The van der Waals surface area contributed by atoms with Gasteiger partial charge in [0.2, 0.25) is 5.91 Å². The molecule has 0 saturated carbocycles. The standard InChI is InChI=1S/C16H20F3NOS/c1-12-5-2-3-8-20(12)15(21)11-22-10-13-6-4-7-14(9-13)16(17,18)19/h4,6-7,9,12H,2-3,5,8,10-11H2,1H3. The van der Waals surface area contributed by atoms with Crippen molar-refractivity contribution in [2.75, 3.05) is 12.3 Å². The molecule has 1 aromatic rings. The largest absolute Gasteiger partial charge is 0.416 e. The molecule has 1 unspecified atom stereocenters. The molecule has 2 rings (SSSR count). The summed E-state index contributed by atoms with van der Waals surface area (Å²) in [6, 6.07) is 5.56. The molecule has 0 radical (unpaired) electrons. The van der Waals surface area contributed by atoms with Crippen molar-refractivity contribution < 1.29 is 18.0 Å². The molecule has 0 aliphatic carbocycles. The normalized spacial score (nSPS) is 19.3. The fourth-order valence-corrected chi connectivity index (χ4v) is 3.50. The average molecular weight is 331 g/mol. The first-order valence-corrected chi connectivity index (χ1v) is 8.57. The van der Waals surface area contributed by atoms with Gasteiger partial charge in [0.05, 0.1) is 11.3 Å². The van der Waals surface area contributed by atoms with Gasteiger partial charge >= 0.3 is 6.18 Å². The Kier molecular flexibility index (Phi) is 5.78. The molecule has 1 amide bonds. The number of halogens is 3. The highest BCUT2D eigenvalue weighted by Gasteiger charge is 2.30. The Morgan fingerprint density at radius 3 is 2.82 bits per heavy atom. The lowest BCUT2D eigenvalue weighted by Crippen LogP contribution is -2.42. The summed E-state index contributed by atoms with van der Waals surface area (Å²) in [6.07, 6.45) is -1.10. The van der Waals surface area contributed by atoms with E-state index in [1.165, 1.54) is 17.8 Å². The number of thioether (sulfide) groups is 1. The molecule has 0 spiro atoms. The topological polar surface area (TPSA) is 20.3 Å². The molecule has 6 heteroatoms. The maximum absolute atomic E-state index is 12.6. The van der Waals surface area contributed by atoms with E-state index in [-0.39, 0.29) is 11.9 Å². The molecule has 1 heterocycles. The second kappa shape index (κ2) is 7.40. The summed E-state index contributed by atoms with van der Waals surface area (Å²) in [5, 5.41) is 0. The van der Waals surface area contributed by atoms with Crippen molar-refractivity contribution in [2.45, 2.75) is 44.2 Å². The molecule has 1 aromatic carbocycles. The monoisotopic (exact) mass is 331 g/mol. The first kappa shape index (κ1) is 17.2. The van der Waals surface area contributed by atoms with Crippen LogP contribution in [0.5, 0.6) is 0 Å². The number of likely N-dealkylation sites (tertiary alicyclic amines) is 1. The second-order valence-corrected chi connectivity index (χ2v) is 6.61. The lowest BCUT2D eigenvalue weighted by atomic mass is 10.0. The van der Waals surface area contributed by atoms with Crippen LogP contribution >= 0.6 is 11.8 Å². The molecular weight excluding hydrogens is 311 g/mol. The Morgan fingerprint density at radius 2 is 2.14 bits per heavy atom. The molecule has 22 heavy (non-hydrogen) atoms. The third-order valence-electron chi connectivity index (χ3n) is 3.87. The van der Waals surface area contributed by atoms with Crippen LogP contribution in [0.15, 0.2) is 24.3 Å². The SMILES string of the molecule is CC1CCCCN1C(=O)CSCc1cccc(C(F)(F)F)c1. The summed E-state index contributed by atoms with van der Waals surface area (Å²) in [5.74, 6) is 0.822. The van der Waals surface area contributed by atoms with Gasteiger partial charge in [-0.25, -0.2) is 0 Å². The van der Waals surface area contributed by atoms with Gasteiger partial charge in [0, 0.05) is 18.3 Å². The van der Waals surface area contributed by atoms with Crippen LogP contribution in [0.2, 0.25) is 0 Å². The molecule has 1 fully saturated rings. The lowest BCUT2D eigenvalue weighted by Gasteiger charge is -2.33. The molecule has 0 bridgehead atoms. The zero-order chi connectivity index (χ0) is 16.2. The number of nitrogens with zero attached hydrogens (tertiary/aromatic N) is 1. The van der Waals surface area contributed by atoms with Crippen molar-refractivity contribution in [1.29, 1.82) is 0 Å². The Bertz CT molecular complexity index is 518. The number of carbonyl (C=O) groups excluding carboxylic acids is 1. The zero-order valence-electron chi connectivity index (χ0n) is 12.5. The highest BCUT2D eigenvalue weighted by Crippen LogP contribution is 2.30. The fraction of sp³-hybridized carbons (Fsp3) is 0.562. The molecule has 0 aromatic heterocycles. The fourth-order valence-electron chi connectivity index (χ4n) is 2.65. The first-order valence-electron chi connectivity index (χ1n) is 7.41. The van der Waals surface area contributed by atoms with Gasteiger partial charge in [0.15, 0.2) is 0 Å². The number of hydrogen-bond acceptors (Lipinski definition) is 2. The number of amides is 1. The Morgan fingerprint density at radius 1 is 1.36 bits per heavy atom. The summed E-state index contributed by atoms with van der Waals surface area (Å²) < 4.78 is 37.9. The summed E-state index contributed by atoms with van der Waals surface area (Å²) >= 11 is 1.37. The van der Waals surface area contributed by atoms with Crippen LogP contribution in [-0.2, 0) is 16.7 Å². The van der Waals surface area contributed by atoms with Gasteiger partial charge in [-0.2, -0.15) is 13.2 Å². The number of alkyl halides is 3. The van der Waals surface area contributed by atoms with E-state index in [0.717, 1.165) is 37.9 Å². The number of hydrogen-bond donors (Lipinski definition) is 0. The van der Waals surface area contributed by atoms with Crippen molar-refractivity contribution in [3.05, 3.63) is 35.4 Å². The Labute approximate surface area is 133 Å². The minimum absolute atomic E-state index is 0.0872. The highest BCUT2D eigenvalue weighted by molar-refractivity contribution is 7.99. The predicted molar refractivity (Wildman–Crippen MR) is 82.6 cm³/mol. The van der Waals surface area contributed by atoms with Crippen molar-refractivity contribution >= 4 is 17.7 Å². The molecule has 2 nitrogen and oxygen atoms in total. The number of carbonyl (C=O) groups is 1.